The molecule has 1 atom stereocenters. The second-order valence-corrected chi connectivity index (χ2v) is 8.76. The van der Waals surface area contributed by atoms with Gasteiger partial charge in [-0.25, -0.2) is 8.42 Å². The molecule has 5 nitrogen and oxygen atoms in total. The largest absolute Gasteiger partial charge is 0.394 e. The van der Waals surface area contributed by atoms with Crippen molar-refractivity contribution in [3.05, 3.63) is 29.3 Å². The first-order chi connectivity index (χ1) is 10.7. The highest BCUT2D eigenvalue weighted by molar-refractivity contribution is 7.93. The van der Waals surface area contributed by atoms with Gasteiger partial charge in [-0.3, -0.25) is 4.79 Å². The minimum atomic E-state index is -3.80. The van der Waals surface area contributed by atoms with E-state index in [4.69, 9.17) is 5.11 Å². The molecule has 1 aromatic rings. The fourth-order valence-electron chi connectivity index (χ4n) is 3.17. The fraction of sp³-hybridized carbons (Fsp3) is 0.588. The van der Waals surface area contributed by atoms with Crippen LogP contribution in [0, 0.1) is 13.8 Å². The first-order valence-corrected chi connectivity index (χ1v) is 9.46. The lowest BCUT2D eigenvalue weighted by Gasteiger charge is -2.29. The number of carbonyl (C=O) groups excluding carboxylic acids is 1. The average Bonchev–Trinajstić information content (AvgIpc) is 3.00. The van der Waals surface area contributed by atoms with E-state index in [1.165, 1.54) is 0 Å². The van der Waals surface area contributed by atoms with Gasteiger partial charge >= 0.3 is 0 Å². The third-order valence-electron chi connectivity index (χ3n) is 4.62. The molecule has 1 fully saturated rings. The highest BCUT2D eigenvalue weighted by Crippen LogP contribution is 2.41. The Hall–Kier alpha value is -1.40. The summed E-state index contributed by atoms with van der Waals surface area (Å²) in [6.07, 6.45) is 2.08. The molecule has 0 aliphatic heterocycles. The van der Waals surface area contributed by atoms with Crippen molar-refractivity contribution in [3.8, 4) is 0 Å². The third-order valence-corrected chi connectivity index (χ3v) is 7.27. The highest BCUT2D eigenvalue weighted by atomic mass is 32.2. The summed E-state index contributed by atoms with van der Waals surface area (Å²) in [5, 5.41) is 11.8. The highest BCUT2D eigenvalue weighted by Gasteiger charge is 2.53. The van der Waals surface area contributed by atoms with Crippen molar-refractivity contribution in [2.75, 3.05) is 6.61 Å². The van der Waals surface area contributed by atoms with Crippen LogP contribution in [0.5, 0.6) is 0 Å². The zero-order valence-electron chi connectivity index (χ0n) is 13.9. The second kappa shape index (κ2) is 6.61. The molecule has 0 bridgehead atoms. The number of benzene rings is 1. The molecule has 1 unspecified atom stereocenters. The number of hydrogen-bond donors (Lipinski definition) is 2. The molecule has 23 heavy (non-hydrogen) atoms. The number of aryl methyl sites for hydroxylation is 2. The van der Waals surface area contributed by atoms with Crippen LogP contribution >= 0.6 is 0 Å². The first-order valence-electron chi connectivity index (χ1n) is 7.98. The zero-order valence-corrected chi connectivity index (χ0v) is 14.7. The summed E-state index contributed by atoms with van der Waals surface area (Å²) in [5.74, 6) is -0.488. The molecule has 128 valence electrons. The maximum Gasteiger partial charge on any atom is 0.242 e. The predicted octanol–water partition coefficient (Wildman–Crippen LogP) is 1.89. The van der Waals surface area contributed by atoms with E-state index in [0.717, 1.165) is 5.56 Å². The van der Waals surface area contributed by atoms with Gasteiger partial charge in [0.05, 0.1) is 11.5 Å². The summed E-state index contributed by atoms with van der Waals surface area (Å²) in [6.45, 7) is 5.04. The van der Waals surface area contributed by atoms with Crippen molar-refractivity contribution in [3.63, 3.8) is 0 Å². The van der Waals surface area contributed by atoms with Crippen LogP contribution in [0.15, 0.2) is 23.1 Å². The molecular weight excluding hydrogens is 314 g/mol. The molecule has 1 aliphatic rings. The fourth-order valence-corrected chi connectivity index (χ4v) is 5.56. The van der Waals surface area contributed by atoms with Crippen molar-refractivity contribution in [2.24, 2.45) is 0 Å². The molecule has 0 radical (unpaired) electrons. The SMILES string of the molecule is Cc1ccc(C)c(S(=O)(=O)C2(C(=O)NC(C)CO)CCCC2)c1. The maximum atomic E-state index is 13.3. The number of rotatable bonds is 5. The Morgan fingerprint density at radius 1 is 1.30 bits per heavy atom. The van der Waals surface area contributed by atoms with Gasteiger partial charge in [-0.05, 0) is 50.8 Å². The van der Waals surface area contributed by atoms with Crippen molar-refractivity contribution >= 4 is 15.7 Å². The Morgan fingerprint density at radius 2 is 1.91 bits per heavy atom. The van der Waals surface area contributed by atoms with Gasteiger partial charge < -0.3 is 10.4 Å². The van der Waals surface area contributed by atoms with Gasteiger partial charge in [-0.15, -0.1) is 0 Å². The quantitative estimate of drug-likeness (QED) is 0.858. The molecule has 6 heteroatoms. The Balaban J connectivity index is 2.51. The topological polar surface area (TPSA) is 83.5 Å². The Labute approximate surface area is 138 Å². The van der Waals surface area contributed by atoms with Crippen LogP contribution in [0.4, 0.5) is 0 Å². The van der Waals surface area contributed by atoms with Gasteiger partial charge in [0.2, 0.25) is 5.91 Å². The maximum absolute atomic E-state index is 13.3. The van der Waals surface area contributed by atoms with Crippen LogP contribution in [0.2, 0.25) is 0 Å². The lowest BCUT2D eigenvalue weighted by atomic mass is 10.1. The van der Waals surface area contributed by atoms with Crippen molar-refractivity contribution in [1.82, 2.24) is 5.32 Å². The van der Waals surface area contributed by atoms with Crippen LogP contribution in [-0.2, 0) is 14.6 Å². The van der Waals surface area contributed by atoms with Crippen LogP contribution in [-0.4, -0.2) is 36.8 Å². The van der Waals surface area contributed by atoms with Crippen LogP contribution in [0.3, 0.4) is 0 Å². The molecule has 0 saturated heterocycles. The van der Waals surface area contributed by atoms with Crippen LogP contribution in [0.1, 0.15) is 43.7 Å². The lowest BCUT2D eigenvalue weighted by molar-refractivity contribution is -0.124. The number of sulfone groups is 1. The second-order valence-electron chi connectivity index (χ2n) is 6.53. The number of hydrogen-bond acceptors (Lipinski definition) is 4. The molecular formula is C17H25NO4S. The summed E-state index contributed by atoms with van der Waals surface area (Å²) in [6, 6.07) is 4.82. The van der Waals surface area contributed by atoms with E-state index in [1.807, 2.05) is 13.0 Å². The van der Waals surface area contributed by atoms with Gasteiger partial charge in [-0.1, -0.05) is 25.0 Å². The number of nitrogens with one attached hydrogen (secondary N) is 1. The minimum absolute atomic E-state index is 0.217. The summed E-state index contributed by atoms with van der Waals surface area (Å²) in [7, 11) is -3.80. The van der Waals surface area contributed by atoms with Gasteiger partial charge in [0.1, 0.15) is 0 Å². The van der Waals surface area contributed by atoms with Crippen molar-refractivity contribution in [2.45, 2.75) is 62.1 Å². The summed E-state index contributed by atoms with van der Waals surface area (Å²) in [5.41, 5.74) is 1.51. The van der Waals surface area contributed by atoms with Gasteiger partial charge in [-0.2, -0.15) is 0 Å². The van der Waals surface area contributed by atoms with Gasteiger partial charge in [0.25, 0.3) is 0 Å². The average molecular weight is 339 g/mol. The zero-order chi connectivity index (χ0) is 17.3. The number of aliphatic hydroxyl groups is 1. The summed E-state index contributed by atoms with van der Waals surface area (Å²) < 4.78 is 25.2. The van der Waals surface area contributed by atoms with Gasteiger partial charge in [0, 0.05) is 6.04 Å². The van der Waals surface area contributed by atoms with E-state index in [1.54, 1.807) is 26.0 Å². The molecule has 0 spiro atoms. The Morgan fingerprint density at radius 3 is 2.48 bits per heavy atom. The lowest BCUT2D eigenvalue weighted by Crippen LogP contribution is -2.53. The van der Waals surface area contributed by atoms with E-state index < -0.39 is 26.5 Å². The van der Waals surface area contributed by atoms with E-state index >= 15 is 0 Å². The van der Waals surface area contributed by atoms with E-state index in [2.05, 4.69) is 5.32 Å². The summed E-state index contributed by atoms with van der Waals surface area (Å²) >= 11 is 0. The minimum Gasteiger partial charge on any atom is -0.394 e. The summed E-state index contributed by atoms with van der Waals surface area (Å²) in [4.78, 5) is 13.0. The molecule has 1 aliphatic carbocycles. The van der Waals surface area contributed by atoms with E-state index in [9.17, 15) is 13.2 Å². The van der Waals surface area contributed by atoms with Crippen molar-refractivity contribution in [1.29, 1.82) is 0 Å². The van der Waals surface area contributed by atoms with E-state index in [0.29, 0.717) is 31.2 Å². The molecule has 1 amide bonds. The van der Waals surface area contributed by atoms with Crippen LogP contribution < -0.4 is 5.32 Å². The number of aliphatic hydroxyl groups excluding tert-OH is 1. The van der Waals surface area contributed by atoms with E-state index in [-0.39, 0.29) is 11.5 Å². The molecule has 2 N–H and O–H groups in total. The molecule has 2 rings (SSSR count). The molecule has 0 heterocycles. The molecule has 1 saturated carbocycles. The Bertz CT molecular complexity index is 691. The molecule has 0 aromatic heterocycles. The molecule has 1 aromatic carbocycles. The third kappa shape index (κ3) is 3.15. The predicted molar refractivity (Wildman–Crippen MR) is 89.0 cm³/mol. The monoisotopic (exact) mass is 339 g/mol. The van der Waals surface area contributed by atoms with Crippen molar-refractivity contribution < 1.29 is 18.3 Å². The van der Waals surface area contributed by atoms with Crippen LogP contribution in [0.25, 0.3) is 0 Å². The first kappa shape index (κ1) is 17.9. The normalized spacial score (nSPS) is 18.6. The van der Waals surface area contributed by atoms with Gasteiger partial charge in [0.15, 0.2) is 14.6 Å². The smallest absolute Gasteiger partial charge is 0.242 e. The number of carbonyl (C=O) groups is 1. The Kier molecular flexibility index (Phi) is 5.16. The number of amides is 1. The standard InChI is InChI=1S/C17H25NO4S/c1-12-6-7-13(2)15(10-12)23(21,22)17(8-4-5-9-17)16(20)18-14(3)11-19/h6-7,10,14,19H,4-5,8-9,11H2,1-3H3,(H,18,20).